The first-order valence-electron chi connectivity index (χ1n) is 14.4. The van der Waals surface area contributed by atoms with Crippen molar-refractivity contribution in [1.82, 2.24) is 15.2 Å². The molecule has 3 aromatic rings. The second-order valence-corrected chi connectivity index (χ2v) is 10.6. The molecule has 12 heteroatoms. The van der Waals surface area contributed by atoms with Crippen LogP contribution in [0.2, 0.25) is 0 Å². The summed E-state index contributed by atoms with van der Waals surface area (Å²) in [5.41, 5.74) is 15.6. The molecule has 2 amide bonds. The zero-order valence-corrected chi connectivity index (χ0v) is 25.2. The number of hydrazine groups is 1. The number of nitrogens with two attached hydrogens (primary N) is 2. The highest BCUT2D eigenvalue weighted by Crippen LogP contribution is 2.29. The SMILES string of the molecule is CN(C)CCCOc1ccc(CN(C(=O)C(c2ccccc2)c2ccccc2)[C@H](CCCN=C(N)N[N+](=O)[O-])C(N)=O)cc1. The Morgan fingerprint density at radius 1 is 0.932 bits per heavy atom. The monoisotopic (exact) mass is 603 g/mol. The van der Waals surface area contributed by atoms with Gasteiger partial charge >= 0.3 is 0 Å². The first-order chi connectivity index (χ1) is 21.2. The molecule has 0 saturated heterocycles. The van der Waals surface area contributed by atoms with Crippen molar-refractivity contribution in [2.75, 3.05) is 33.8 Å². The van der Waals surface area contributed by atoms with Crippen molar-refractivity contribution in [3.05, 3.63) is 112 Å². The van der Waals surface area contributed by atoms with Crippen molar-refractivity contribution in [2.45, 2.75) is 37.8 Å². The molecule has 0 radical (unpaired) electrons. The quantitative estimate of drug-likeness (QED) is 0.0695. The number of carbonyl (C=O) groups is 2. The van der Waals surface area contributed by atoms with E-state index in [1.165, 1.54) is 4.90 Å². The molecule has 0 aliphatic carbocycles. The standard InChI is InChI=1S/C32H41N7O5/c1-37(2)21-10-22-44-27-18-16-24(17-19-27)23-38(28(30(33)40)15-9-20-35-32(34)36-39(42)43)31(41)29(25-11-5-3-6-12-25)26-13-7-4-8-14-26/h3-8,11-14,16-19,28-29H,9-10,15,20-23H2,1-2H3,(H2,33,40)(H3,34,35,36)/t28-/m1/s1. The van der Waals surface area contributed by atoms with Crippen LogP contribution in [0.25, 0.3) is 0 Å². The topological polar surface area (TPSA) is 169 Å². The van der Waals surface area contributed by atoms with Gasteiger partial charge in [-0.1, -0.05) is 78.2 Å². The Hall–Kier alpha value is -4.97. The van der Waals surface area contributed by atoms with Crippen LogP contribution >= 0.6 is 0 Å². The van der Waals surface area contributed by atoms with Crippen molar-refractivity contribution in [3.8, 4) is 5.75 Å². The minimum atomic E-state index is -0.973. The number of hydrogen-bond donors (Lipinski definition) is 3. The van der Waals surface area contributed by atoms with Crippen LogP contribution in [0.1, 0.15) is 41.9 Å². The van der Waals surface area contributed by atoms with E-state index in [1.807, 2.05) is 99.0 Å². The molecule has 0 aromatic heterocycles. The van der Waals surface area contributed by atoms with Crippen LogP contribution < -0.4 is 21.6 Å². The molecule has 0 fully saturated rings. The van der Waals surface area contributed by atoms with Crippen molar-refractivity contribution in [2.24, 2.45) is 16.5 Å². The average Bonchev–Trinajstić information content (AvgIpc) is 2.99. The Balaban J connectivity index is 1.90. The van der Waals surface area contributed by atoms with Gasteiger partial charge in [0.2, 0.25) is 11.8 Å². The third-order valence-electron chi connectivity index (χ3n) is 6.92. The fraction of sp³-hybridized carbons (Fsp3) is 0.344. The van der Waals surface area contributed by atoms with Crippen LogP contribution in [-0.2, 0) is 16.1 Å². The number of carbonyl (C=O) groups excluding carboxylic acids is 2. The predicted molar refractivity (Wildman–Crippen MR) is 169 cm³/mol. The summed E-state index contributed by atoms with van der Waals surface area (Å²) < 4.78 is 5.86. The number of amides is 2. The Morgan fingerprint density at radius 3 is 2.05 bits per heavy atom. The highest BCUT2D eigenvalue weighted by atomic mass is 16.7. The zero-order valence-electron chi connectivity index (χ0n) is 25.2. The van der Waals surface area contributed by atoms with E-state index in [4.69, 9.17) is 16.2 Å². The molecule has 0 bridgehead atoms. The molecule has 0 aliphatic rings. The van der Waals surface area contributed by atoms with Gasteiger partial charge in [0.15, 0.2) is 5.03 Å². The molecule has 0 aliphatic heterocycles. The van der Waals surface area contributed by atoms with Crippen LogP contribution in [0.5, 0.6) is 5.75 Å². The molecule has 3 aromatic carbocycles. The Labute approximate surface area is 257 Å². The summed E-state index contributed by atoms with van der Waals surface area (Å²) in [6.45, 7) is 1.71. The van der Waals surface area contributed by atoms with Crippen molar-refractivity contribution in [1.29, 1.82) is 0 Å². The lowest BCUT2D eigenvalue weighted by molar-refractivity contribution is -0.525. The van der Waals surface area contributed by atoms with Gasteiger partial charge in [0, 0.05) is 19.6 Å². The van der Waals surface area contributed by atoms with Gasteiger partial charge < -0.3 is 26.0 Å². The van der Waals surface area contributed by atoms with Gasteiger partial charge in [-0.25, -0.2) is 15.1 Å². The van der Waals surface area contributed by atoms with Crippen LogP contribution in [0.3, 0.4) is 0 Å². The first kappa shape index (κ1) is 33.5. The molecular weight excluding hydrogens is 562 g/mol. The number of nitrogens with one attached hydrogen (secondary N) is 1. The summed E-state index contributed by atoms with van der Waals surface area (Å²) in [5, 5.41) is 9.80. The van der Waals surface area contributed by atoms with E-state index in [2.05, 4.69) is 9.89 Å². The number of nitrogens with zero attached hydrogens (tertiary/aromatic N) is 4. The molecule has 1 atom stereocenters. The molecule has 234 valence electrons. The highest BCUT2D eigenvalue weighted by molar-refractivity contribution is 5.92. The lowest BCUT2D eigenvalue weighted by atomic mass is 9.89. The van der Waals surface area contributed by atoms with Gasteiger partial charge in [-0.05, 0) is 62.2 Å². The van der Waals surface area contributed by atoms with Crippen LogP contribution in [-0.4, -0.2) is 72.4 Å². The number of aliphatic imine (C=N–C) groups is 1. The van der Waals surface area contributed by atoms with Gasteiger partial charge in [0.25, 0.3) is 5.96 Å². The average molecular weight is 604 g/mol. The summed E-state index contributed by atoms with van der Waals surface area (Å²) in [6.07, 6.45) is 1.37. The lowest BCUT2D eigenvalue weighted by Crippen LogP contribution is -2.49. The van der Waals surface area contributed by atoms with E-state index in [-0.39, 0.29) is 31.4 Å². The van der Waals surface area contributed by atoms with Crippen LogP contribution in [0, 0.1) is 10.1 Å². The minimum Gasteiger partial charge on any atom is -0.494 e. The van der Waals surface area contributed by atoms with Gasteiger partial charge in [-0.2, -0.15) is 0 Å². The summed E-state index contributed by atoms with van der Waals surface area (Å²) >= 11 is 0. The molecular formula is C32H41N7O5. The number of benzene rings is 3. The molecule has 3 rings (SSSR count). The van der Waals surface area contributed by atoms with Gasteiger partial charge in [-0.15, -0.1) is 0 Å². The maximum atomic E-state index is 14.5. The molecule has 0 saturated carbocycles. The maximum absolute atomic E-state index is 14.5. The largest absolute Gasteiger partial charge is 0.494 e. The van der Waals surface area contributed by atoms with E-state index in [0.29, 0.717) is 18.8 Å². The molecule has 44 heavy (non-hydrogen) atoms. The van der Waals surface area contributed by atoms with Crippen molar-refractivity contribution < 1.29 is 19.4 Å². The van der Waals surface area contributed by atoms with E-state index in [1.54, 1.807) is 5.43 Å². The number of guanidine groups is 1. The molecule has 0 heterocycles. The van der Waals surface area contributed by atoms with Crippen molar-refractivity contribution in [3.63, 3.8) is 0 Å². The lowest BCUT2D eigenvalue weighted by Gasteiger charge is -2.33. The summed E-state index contributed by atoms with van der Waals surface area (Å²) in [4.78, 5) is 45.6. The predicted octanol–water partition coefficient (Wildman–Crippen LogP) is 2.91. The Kier molecular flexibility index (Phi) is 13.1. The number of nitro groups is 1. The second kappa shape index (κ2) is 17.2. The summed E-state index contributed by atoms with van der Waals surface area (Å²) in [7, 11) is 4.02. The van der Waals surface area contributed by atoms with E-state index in [9.17, 15) is 19.7 Å². The minimum absolute atomic E-state index is 0.0964. The second-order valence-electron chi connectivity index (χ2n) is 10.6. The fourth-order valence-electron chi connectivity index (χ4n) is 4.80. The molecule has 12 nitrogen and oxygen atoms in total. The number of rotatable bonds is 17. The Morgan fingerprint density at radius 2 is 1.52 bits per heavy atom. The number of primary amides is 1. The number of hydrogen-bond acceptors (Lipinski definition) is 7. The van der Waals surface area contributed by atoms with Gasteiger partial charge in [-0.3, -0.25) is 9.59 Å². The van der Waals surface area contributed by atoms with E-state index < -0.39 is 22.9 Å². The van der Waals surface area contributed by atoms with E-state index >= 15 is 0 Å². The van der Waals surface area contributed by atoms with Crippen LogP contribution in [0.4, 0.5) is 0 Å². The Bertz CT molecular complexity index is 1330. The zero-order chi connectivity index (χ0) is 31.9. The molecule has 0 unspecified atom stereocenters. The summed E-state index contributed by atoms with van der Waals surface area (Å²) in [5.74, 6) is -1.28. The smallest absolute Gasteiger partial charge is 0.251 e. The third kappa shape index (κ3) is 10.7. The van der Waals surface area contributed by atoms with Crippen molar-refractivity contribution >= 4 is 17.8 Å². The third-order valence-corrected chi connectivity index (χ3v) is 6.92. The number of ether oxygens (including phenoxy) is 1. The van der Waals surface area contributed by atoms with E-state index in [0.717, 1.165) is 29.7 Å². The molecule has 0 spiro atoms. The first-order valence-corrected chi connectivity index (χ1v) is 14.4. The van der Waals surface area contributed by atoms with Crippen LogP contribution in [0.15, 0.2) is 89.9 Å². The molecule has 5 N–H and O–H groups in total. The maximum Gasteiger partial charge on any atom is 0.251 e. The summed E-state index contributed by atoms with van der Waals surface area (Å²) in [6, 6.07) is 25.2. The normalized spacial score (nSPS) is 12.1. The highest BCUT2D eigenvalue weighted by Gasteiger charge is 2.34. The van der Waals surface area contributed by atoms with Gasteiger partial charge in [0.05, 0.1) is 12.5 Å². The fourth-order valence-corrected chi connectivity index (χ4v) is 4.80. The van der Waals surface area contributed by atoms with Gasteiger partial charge in [0.1, 0.15) is 11.8 Å².